The SMILES string of the molecule is CO[C@@H]1CC(C=N)N(CO)C1. The standard InChI is InChI=1S/C7H14N2O2/c1-11-7-2-6(3-8)9(4-7)5-10/h3,6-8,10H,2,4-5H2,1H3/t6?,7-/m1/s1. The summed E-state index contributed by atoms with van der Waals surface area (Å²) in [6, 6.07) is 0.0601. The number of hydrogen-bond donors (Lipinski definition) is 2. The highest BCUT2D eigenvalue weighted by Crippen LogP contribution is 2.16. The minimum atomic E-state index is 0.0138. The Morgan fingerprint density at radius 1 is 1.82 bits per heavy atom. The molecular weight excluding hydrogens is 144 g/mol. The highest BCUT2D eigenvalue weighted by molar-refractivity contribution is 5.61. The van der Waals surface area contributed by atoms with Gasteiger partial charge in [-0.1, -0.05) is 0 Å². The molecule has 0 aromatic carbocycles. The molecule has 0 aliphatic carbocycles. The van der Waals surface area contributed by atoms with Crippen LogP contribution in [0, 0.1) is 5.41 Å². The Hall–Kier alpha value is -0.450. The predicted octanol–water partition coefficient (Wildman–Crippen LogP) is -0.325. The van der Waals surface area contributed by atoms with Crippen LogP contribution in [-0.2, 0) is 4.74 Å². The van der Waals surface area contributed by atoms with Crippen molar-refractivity contribution in [2.24, 2.45) is 0 Å². The van der Waals surface area contributed by atoms with Crippen LogP contribution < -0.4 is 0 Å². The molecule has 0 saturated carbocycles. The van der Waals surface area contributed by atoms with Gasteiger partial charge in [0.2, 0.25) is 0 Å². The summed E-state index contributed by atoms with van der Waals surface area (Å²) in [4.78, 5) is 1.82. The van der Waals surface area contributed by atoms with Gasteiger partial charge in [0.1, 0.15) is 0 Å². The van der Waals surface area contributed by atoms with Crippen LogP contribution in [0.1, 0.15) is 6.42 Å². The lowest BCUT2D eigenvalue weighted by Gasteiger charge is -2.16. The first-order valence-electron chi connectivity index (χ1n) is 3.70. The summed E-state index contributed by atoms with van der Waals surface area (Å²) in [5, 5.41) is 15.9. The average molecular weight is 158 g/mol. The number of aliphatic hydroxyl groups excluding tert-OH is 1. The van der Waals surface area contributed by atoms with Gasteiger partial charge in [0.25, 0.3) is 0 Å². The summed E-state index contributed by atoms with van der Waals surface area (Å²) in [5.41, 5.74) is 0. The molecule has 1 saturated heterocycles. The number of rotatable bonds is 3. The molecule has 2 atom stereocenters. The van der Waals surface area contributed by atoms with Gasteiger partial charge in [-0.2, -0.15) is 0 Å². The molecule has 1 rings (SSSR count). The second kappa shape index (κ2) is 3.80. The lowest BCUT2D eigenvalue weighted by atomic mass is 10.2. The van der Waals surface area contributed by atoms with Crippen molar-refractivity contribution in [1.82, 2.24) is 4.90 Å². The van der Waals surface area contributed by atoms with E-state index in [1.807, 2.05) is 4.90 Å². The molecule has 1 aliphatic heterocycles. The first-order valence-corrected chi connectivity index (χ1v) is 3.70. The van der Waals surface area contributed by atoms with Gasteiger partial charge in [-0.15, -0.1) is 0 Å². The third kappa shape index (κ3) is 1.77. The number of aliphatic hydroxyl groups is 1. The number of nitrogens with zero attached hydrogens (tertiary/aromatic N) is 1. The van der Waals surface area contributed by atoms with E-state index in [-0.39, 0.29) is 18.9 Å². The summed E-state index contributed by atoms with van der Waals surface area (Å²) in [6.45, 7) is 0.743. The highest BCUT2D eigenvalue weighted by Gasteiger charge is 2.29. The van der Waals surface area contributed by atoms with Crippen LogP contribution in [0.2, 0.25) is 0 Å². The van der Waals surface area contributed by atoms with Crippen molar-refractivity contribution in [3.63, 3.8) is 0 Å². The van der Waals surface area contributed by atoms with E-state index in [2.05, 4.69) is 0 Å². The molecule has 0 bridgehead atoms. The quantitative estimate of drug-likeness (QED) is 0.553. The van der Waals surface area contributed by atoms with Crippen molar-refractivity contribution in [2.45, 2.75) is 18.6 Å². The van der Waals surface area contributed by atoms with Crippen molar-refractivity contribution >= 4 is 6.21 Å². The van der Waals surface area contributed by atoms with Gasteiger partial charge in [0, 0.05) is 25.9 Å². The van der Waals surface area contributed by atoms with Crippen LogP contribution in [0.25, 0.3) is 0 Å². The summed E-state index contributed by atoms with van der Waals surface area (Å²) in [6.07, 6.45) is 2.35. The van der Waals surface area contributed by atoms with Crippen LogP contribution >= 0.6 is 0 Å². The second-order valence-corrected chi connectivity index (χ2v) is 2.74. The fraction of sp³-hybridized carbons (Fsp3) is 0.857. The fourth-order valence-electron chi connectivity index (χ4n) is 1.40. The van der Waals surface area contributed by atoms with Crippen molar-refractivity contribution in [3.8, 4) is 0 Å². The first-order chi connectivity index (χ1) is 5.31. The smallest absolute Gasteiger partial charge is 0.0962 e. The summed E-state index contributed by atoms with van der Waals surface area (Å²) in [7, 11) is 1.66. The molecule has 0 aromatic rings. The maximum atomic E-state index is 8.85. The van der Waals surface area contributed by atoms with Crippen LogP contribution in [0.4, 0.5) is 0 Å². The Morgan fingerprint density at radius 3 is 2.91 bits per heavy atom. The van der Waals surface area contributed by atoms with E-state index in [4.69, 9.17) is 15.3 Å². The Labute approximate surface area is 66.3 Å². The van der Waals surface area contributed by atoms with E-state index < -0.39 is 0 Å². The maximum Gasteiger partial charge on any atom is 0.0962 e. The molecule has 1 heterocycles. The van der Waals surface area contributed by atoms with Crippen LogP contribution in [-0.4, -0.2) is 48.8 Å². The molecule has 0 amide bonds. The normalized spacial score (nSPS) is 32.5. The number of hydrogen-bond acceptors (Lipinski definition) is 4. The van der Waals surface area contributed by atoms with Gasteiger partial charge in [0.15, 0.2) is 0 Å². The molecule has 1 aliphatic rings. The zero-order valence-electron chi connectivity index (χ0n) is 6.66. The van der Waals surface area contributed by atoms with E-state index in [9.17, 15) is 0 Å². The lowest BCUT2D eigenvalue weighted by molar-refractivity contribution is 0.0789. The van der Waals surface area contributed by atoms with Gasteiger partial charge in [-0.05, 0) is 6.42 Å². The predicted molar refractivity (Wildman–Crippen MR) is 41.8 cm³/mol. The minimum Gasteiger partial charge on any atom is -0.381 e. The fourth-order valence-corrected chi connectivity index (χ4v) is 1.40. The summed E-state index contributed by atoms with van der Waals surface area (Å²) in [5.74, 6) is 0. The number of nitrogens with one attached hydrogen (secondary N) is 1. The van der Waals surface area contributed by atoms with E-state index in [0.29, 0.717) is 0 Å². The summed E-state index contributed by atoms with van der Waals surface area (Å²) >= 11 is 0. The van der Waals surface area contributed by atoms with E-state index in [1.54, 1.807) is 7.11 Å². The van der Waals surface area contributed by atoms with Crippen molar-refractivity contribution in [1.29, 1.82) is 5.41 Å². The lowest BCUT2D eigenvalue weighted by Crippen LogP contribution is -2.31. The molecule has 2 N–H and O–H groups in total. The van der Waals surface area contributed by atoms with Crippen molar-refractivity contribution in [2.75, 3.05) is 20.4 Å². The van der Waals surface area contributed by atoms with Crippen molar-refractivity contribution < 1.29 is 9.84 Å². The van der Waals surface area contributed by atoms with Gasteiger partial charge < -0.3 is 15.3 Å². The monoisotopic (exact) mass is 158 g/mol. The molecule has 4 nitrogen and oxygen atoms in total. The molecule has 11 heavy (non-hydrogen) atoms. The third-order valence-electron chi connectivity index (χ3n) is 2.12. The van der Waals surface area contributed by atoms with E-state index >= 15 is 0 Å². The minimum absolute atomic E-state index is 0.0138. The average Bonchev–Trinajstić information content (AvgIpc) is 2.46. The zero-order valence-corrected chi connectivity index (χ0v) is 6.66. The van der Waals surface area contributed by atoms with Gasteiger partial charge in [0.05, 0.1) is 12.8 Å². The van der Waals surface area contributed by atoms with E-state index in [0.717, 1.165) is 13.0 Å². The molecule has 4 heteroatoms. The number of methoxy groups -OCH3 is 1. The molecule has 1 fully saturated rings. The van der Waals surface area contributed by atoms with Crippen molar-refractivity contribution in [3.05, 3.63) is 0 Å². The Morgan fingerprint density at radius 2 is 2.55 bits per heavy atom. The highest BCUT2D eigenvalue weighted by atomic mass is 16.5. The maximum absolute atomic E-state index is 8.85. The summed E-state index contributed by atoms with van der Waals surface area (Å²) < 4.78 is 5.12. The van der Waals surface area contributed by atoms with E-state index in [1.165, 1.54) is 6.21 Å². The van der Waals surface area contributed by atoms with Crippen LogP contribution in [0.5, 0.6) is 0 Å². The van der Waals surface area contributed by atoms with Gasteiger partial charge >= 0.3 is 0 Å². The first kappa shape index (κ1) is 8.64. The Bertz CT molecular complexity index is 140. The van der Waals surface area contributed by atoms with Gasteiger partial charge in [-0.25, -0.2) is 0 Å². The number of ether oxygens (including phenoxy) is 1. The molecule has 0 radical (unpaired) electrons. The molecule has 0 spiro atoms. The number of likely N-dealkylation sites (tertiary alicyclic amines) is 1. The topological polar surface area (TPSA) is 56.5 Å². The Kier molecular flexibility index (Phi) is 2.99. The third-order valence-corrected chi connectivity index (χ3v) is 2.12. The molecular formula is C7H14N2O2. The van der Waals surface area contributed by atoms with Crippen LogP contribution in [0.15, 0.2) is 0 Å². The van der Waals surface area contributed by atoms with Crippen LogP contribution in [0.3, 0.4) is 0 Å². The largest absolute Gasteiger partial charge is 0.381 e. The second-order valence-electron chi connectivity index (χ2n) is 2.74. The molecule has 1 unspecified atom stereocenters. The van der Waals surface area contributed by atoms with Gasteiger partial charge in [-0.3, -0.25) is 4.90 Å². The molecule has 64 valence electrons. The molecule has 0 aromatic heterocycles. The Balaban J connectivity index is 2.47. The zero-order chi connectivity index (χ0) is 8.27.